The molecule has 0 N–H and O–H groups in total. The number of aromatic nitrogens is 2. The van der Waals surface area contributed by atoms with E-state index < -0.39 is 12.1 Å². The summed E-state index contributed by atoms with van der Waals surface area (Å²) < 4.78 is 32.8. The lowest BCUT2D eigenvalue weighted by Crippen LogP contribution is -2.44. The minimum Gasteiger partial charge on any atom is -0.383 e. The minimum absolute atomic E-state index is 0.0225. The molecular weight excluding hydrogens is 330 g/mol. The Labute approximate surface area is 146 Å². The molecule has 0 saturated carbocycles. The lowest BCUT2D eigenvalue weighted by Gasteiger charge is -2.39. The van der Waals surface area contributed by atoms with Crippen molar-refractivity contribution in [2.24, 2.45) is 12.5 Å². The van der Waals surface area contributed by atoms with Gasteiger partial charge < -0.3 is 14.5 Å². The Balaban J connectivity index is 1.66. The number of likely N-dealkylation sites (tertiary alicyclic amines) is 2. The highest BCUT2D eigenvalue weighted by atomic mass is 19.3. The number of hydrogen-bond donors (Lipinski definition) is 0. The standard InChI is InChI=1S/C17H26F2N4O2/c1-21-11-17(8-12(21)10-25-3)4-6-23(7-5-17)16(24)13-9-22(2)20-14(13)15(18)19/h9,12,15H,4-8,10-11H2,1-3H3/t12-/m1/s1. The van der Waals surface area contributed by atoms with Crippen LogP contribution in [0.25, 0.3) is 0 Å². The zero-order valence-electron chi connectivity index (χ0n) is 15.0. The number of ether oxygens (including phenoxy) is 1. The predicted octanol–water partition coefficient (Wildman–Crippen LogP) is 1.93. The Hall–Kier alpha value is -1.54. The van der Waals surface area contributed by atoms with Crippen LogP contribution in [0.15, 0.2) is 6.20 Å². The van der Waals surface area contributed by atoms with Gasteiger partial charge in [-0.2, -0.15) is 5.10 Å². The van der Waals surface area contributed by atoms with E-state index in [-0.39, 0.29) is 16.9 Å². The molecule has 0 radical (unpaired) electrons. The molecule has 2 aliphatic rings. The summed E-state index contributed by atoms with van der Waals surface area (Å²) in [5.41, 5.74) is -0.197. The summed E-state index contributed by atoms with van der Waals surface area (Å²) in [6.07, 6.45) is 1.51. The SMILES string of the molecule is COC[C@H]1CC2(CCN(C(=O)c3cn(C)nc3C(F)F)CC2)CN1C. The molecule has 1 aromatic heterocycles. The normalized spacial score (nSPS) is 23.8. The van der Waals surface area contributed by atoms with Crippen molar-refractivity contribution in [1.29, 1.82) is 0 Å². The molecule has 2 aliphatic heterocycles. The van der Waals surface area contributed by atoms with Gasteiger partial charge in [-0.3, -0.25) is 9.48 Å². The number of rotatable bonds is 4. The van der Waals surface area contributed by atoms with Gasteiger partial charge in [-0.1, -0.05) is 0 Å². The smallest absolute Gasteiger partial charge is 0.282 e. The Morgan fingerprint density at radius 2 is 2.08 bits per heavy atom. The van der Waals surface area contributed by atoms with Crippen LogP contribution < -0.4 is 0 Å². The Kier molecular flexibility index (Phi) is 5.11. The van der Waals surface area contributed by atoms with Crippen LogP contribution in [-0.4, -0.2) is 71.9 Å². The van der Waals surface area contributed by atoms with Crippen molar-refractivity contribution in [1.82, 2.24) is 19.6 Å². The number of amides is 1. The van der Waals surface area contributed by atoms with Crippen molar-refractivity contribution in [2.45, 2.75) is 31.7 Å². The number of piperidine rings is 1. The highest BCUT2D eigenvalue weighted by Gasteiger charge is 2.45. The van der Waals surface area contributed by atoms with E-state index in [9.17, 15) is 13.6 Å². The first kappa shape index (κ1) is 18.3. The first-order chi connectivity index (χ1) is 11.8. The molecule has 0 bridgehead atoms. The van der Waals surface area contributed by atoms with Gasteiger partial charge in [0.15, 0.2) is 0 Å². The molecular formula is C17H26F2N4O2. The zero-order chi connectivity index (χ0) is 18.2. The third kappa shape index (κ3) is 3.55. The van der Waals surface area contributed by atoms with Gasteiger partial charge in [0.25, 0.3) is 12.3 Å². The van der Waals surface area contributed by atoms with Gasteiger partial charge in [0.1, 0.15) is 5.69 Å². The molecule has 0 aromatic carbocycles. The van der Waals surface area contributed by atoms with Crippen molar-refractivity contribution >= 4 is 5.91 Å². The molecule has 3 rings (SSSR count). The Morgan fingerprint density at radius 1 is 1.40 bits per heavy atom. The molecule has 3 heterocycles. The molecule has 2 fully saturated rings. The number of alkyl halides is 2. The largest absolute Gasteiger partial charge is 0.383 e. The summed E-state index contributed by atoms with van der Waals surface area (Å²) in [6, 6.07) is 0.413. The van der Waals surface area contributed by atoms with E-state index in [1.807, 2.05) is 0 Å². The lowest BCUT2D eigenvalue weighted by atomic mass is 9.76. The second-order valence-electron chi connectivity index (χ2n) is 7.42. The maximum atomic E-state index is 13.1. The highest BCUT2D eigenvalue weighted by molar-refractivity contribution is 5.95. The number of carbonyl (C=O) groups excluding carboxylic acids is 1. The monoisotopic (exact) mass is 356 g/mol. The van der Waals surface area contributed by atoms with E-state index in [0.717, 1.165) is 25.8 Å². The third-order valence-electron chi connectivity index (χ3n) is 5.64. The van der Waals surface area contributed by atoms with Gasteiger partial charge in [-0.15, -0.1) is 0 Å². The van der Waals surface area contributed by atoms with E-state index >= 15 is 0 Å². The fourth-order valence-corrected chi connectivity index (χ4v) is 4.31. The van der Waals surface area contributed by atoms with Crippen LogP contribution in [0.5, 0.6) is 0 Å². The molecule has 1 amide bonds. The van der Waals surface area contributed by atoms with Gasteiger partial charge in [0, 0.05) is 46.0 Å². The molecule has 1 spiro atoms. The van der Waals surface area contributed by atoms with Crippen molar-refractivity contribution in [3.63, 3.8) is 0 Å². The van der Waals surface area contributed by atoms with Gasteiger partial charge in [0.05, 0.1) is 12.2 Å². The summed E-state index contributed by atoms with van der Waals surface area (Å²) in [5.74, 6) is -0.335. The molecule has 0 unspecified atom stereocenters. The predicted molar refractivity (Wildman–Crippen MR) is 88.6 cm³/mol. The summed E-state index contributed by atoms with van der Waals surface area (Å²) in [5, 5.41) is 3.74. The minimum atomic E-state index is -2.74. The van der Waals surface area contributed by atoms with Crippen LogP contribution in [0.2, 0.25) is 0 Å². The third-order valence-corrected chi connectivity index (χ3v) is 5.64. The number of aryl methyl sites for hydroxylation is 1. The average Bonchev–Trinajstić information content (AvgIpc) is 3.09. The number of methoxy groups -OCH3 is 1. The number of likely N-dealkylation sites (N-methyl/N-ethyl adjacent to an activating group) is 1. The van der Waals surface area contributed by atoms with Crippen LogP contribution in [0.3, 0.4) is 0 Å². The van der Waals surface area contributed by atoms with Gasteiger partial charge in [-0.05, 0) is 31.7 Å². The number of hydrogen-bond acceptors (Lipinski definition) is 4. The maximum Gasteiger partial charge on any atom is 0.282 e. The molecule has 6 nitrogen and oxygen atoms in total. The van der Waals surface area contributed by atoms with Crippen molar-refractivity contribution < 1.29 is 18.3 Å². The quantitative estimate of drug-likeness (QED) is 0.827. The molecule has 1 atom stereocenters. The van der Waals surface area contributed by atoms with Crippen molar-refractivity contribution in [3.05, 3.63) is 17.5 Å². The first-order valence-corrected chi connectivity index (χ1v) is 8.65. The fourth-order valence-electron chi connectivity index (χ4n) is 4.31. The number of carbonyl (C=O) groups is 1. The van der Waals surface area contributed by atoms with Crippen LogP contribution in [0, 0.1) is 5.41 Å². The maximum absolute atomic E-state index is 13.1. The fraction of sp³-hybridized carbons (Fsp3) is 0.765. The van der Waals surface area contributed by atoms with Gasteiger partial charge >= 0.3 is 0 Å². The van der Waals surface area contributed by atoms with E-state index in [1.54, 1.807) is 19.1 Å². The van der Waals surface area contributed by atoms with E-state index in [1.165, 1.54) is 10.9 Å². The van der Waals surface area contributed by atoms with Crippen LogP contribution in [0.4, 0.5) is 8.78 Å². The molecule has 0 aliphatic carbocycles. The summed E-state index contributed by atoms with van der Waals surface area (Å²) >= 11 is 0. The van der Waals surface area contributed by atoms with E-state index in [0.29, 0.717) is 25.7 Å². The Bertz CT molecular complexity index is 626. The van der Waals surface area contributed by atoms with Crippen LogP contribution >= 0.6 is 0 Å². The summed E-state index contributed by atoms with van der Waals surface area (Å²) in [7, 11) is 5.38. The van der Waals surface area contributed by atoms with Crippen LogP contribution in [0.1, 0.15) is 41.7 Å². The van der Waals surface area contributed by atoms with Crippen LogP contribution in [-0.2, 0) is 11.8 Å². The molecule has 1 aromatic rings. The second kappa shape index (κ2) is 6.99. The lowest BCUT2D eigenvalue weighted by molar-refractivity contribution is 0.0582. The van der Waals surface area contributed by atoms with Gasteiger partial charge in [-0.25, -0.2) is 8.78 Å². The van der Waals surface area contributed by atoms with E-state index in [2.05, 4.69) is 17.0 Å². The molecule has 8 heteroatoms. The summed E-state index contributed by atoms with van der Waals surface area (Å²) in [6.45, 7) is 2.92. The molecule has 140 valence electrons. The zero-order valence-corrected chi connectivity index (χ0v) is 15.0. The topological polar surface area (TPSA) is 50.6 Å². The van der Waals surface area contributed by atoms with E-state index in [4.69, 9.17) is 4.74 Å². The first-order valence-electron chi connectivity index (χ1n) is 8.65. The van der Waals surface area contributed by atoms with Crippen molar-refractivity contribution in [2.75, 3.05) is 40.4 Å². The van der Waals surface area contributed by atoms with Gasteiger partial charge in [0.2, 0.25) is 0 Å². The number of nitrogens with zero attached hydrogens (tertiary/aromatic N) is 4. The molecule has 25 heavy (non-hydrogen) atoms. The molecule has 2 saturated heterocycles. The Morgan fingerprint density at radius 3 is 2.68 bits per heavy atom. The second-order valence-corrected chi connectivity index (χ2v) is 7.42. The average molecular weight is 356 g/mol. The highest BCUT2D eigenvalue weighted by Crippen LogP contribution is 2.43. The summed E-state index contributed by atoms with van der Waals surface area (Å²) in [4.78, 5) is 16.7. The van der Waals surface area contributed by atoms with Crippen molar-refractivity contribution in [3.8, 4) is 0 Å². The number of halogens is 2.